The molecule has 176 valence electrons. The number of aromatic nitrogens is 3. The molecule has 2 atom stereocenters. The van der Waals surface area contributed by atoms with Gasteiger partial charge in [0.05, 0.1) is 42.1 Å². The summed E-state index contributed by atoms with van der Waals surface area (Å²) in [5.41, 5.74) is 4.48. The minimum atomic E-state index is -0.176. The highest BCUT2D eigenvalue weighted by atomic mass is 32.1. The van der Waals surface area contributed by atoms with E-state index in [1.807, 2.05) is 20.8 Å². The van der Waals surface area contributed by atoms with E-state index in [1.165, 1.54) is 11.3 Å². The van der Waals surface area contributed by atoms with Crippen LogP contribution < -0.4 is 15.0 Å². The standard InChI is InChI=1S/C23H29N5O3S2/c1-12-7-17(8-13(2)25-12)20-18(9-24-21(29)19-16(5)26-23(30-6)33-19)27-22(32-20)28-10-14(3)31-15(4)11-28/h7-8,14-15H,9-11H2,1-6H3,(H,24,29)/t14-,15+. The van der Waals surface area contributed by atoms with Crippen molar-refractivity contribution in [3.63, 3.8) is 0 Å². The van der Waals surface area contributed by atoms with E-state index in [-0.39, 0.29) is 18.1 Å². The van der Waals surface area contributed by atoms with Crippen LogP contribution in [0.15, 0.2) is 12.1 Å². The van der Waals surface area contributed by atoms with Gasteiger partial charge < -0.3 is 19.7 Å². The Balaban J connectivity index is 1.64. The summed E-state index contributed by atoms with van der Waals surface area (Å²) in [7, 11) is 1.55. The lowest BCUT2D eigenvalue weighted by Gasteiger charge is -2.35. The van der Waals surface area contributed by atoms with Crippen molar-refractivity contribution in [1.29, 1.82) is 0 Å². The number of nitrogens with zero attached hydrogens (tertiary/aromatic N) is 4. The summed E-state index contributed by atoms with van der Waals surface area (Å²) >= 11 is 2.89. The highest BCUT2D eigenvalue weighted by Crippen LogP contribution is 2.36. The van der Waals surface area contributed by atoms with Gasteiger partial charge in [0.2, 0.25) is 0 Å². The first kappa shape index (κ1) is 23.6. The molecule has 0 radical (unpaired) electrons. The number of methoxy groups -OCH3 is 1. The Kier molecular flexibility index (Phi) is 6.96. The molecule has 0 aliphatic carbocycles. The Morgan fingerprint density at radius 1 is 1.12 bits per heavy atom. The maximum absolute atomic E-state index is 12.9. The third kappa shape index (κ3) is 5.34. The number of pyridine rings is 1. The van der Waals surface area contributed by atoms with E-state index >= 15 is 0 Å². The number of hydrogen-bond donors (Lipinski definition) is 1. The van der Waals surface area contributed by atoms with E-state index in [0.29, 0.717) is 22.3 Å². The van der Waals surface area contributed by atoms with Gasteiger partial charge >= 0.3 is 0 Å². The number of ether oxygens (including phenoxy) is 2. The molecule has 1 amide bonds. The number of amides is 1. The number of carbonyl (C=O) groups is 1. The molecule has 33 heavy (non-hydrogen) atoms. The van der Waals surface area contributed by atoms with Crippen LogP contribution in [0.25, 0.3) is 10.4 Å². The highest BCUT2D eigenvalue weighted by Gasteiger charge is 2.26. The van der Waals surface area contributed by atoms with Crippen molar-refractivity contribution >= 4 is 33.7 Å². The molecule has 1 fully saturated rings. The third-order valence-electron chi connectivity index (χ3n) is 5.29. The molecule has 0 aromatic carbocycles. The zero-order valence-electron chi connectivity index (χ0n) is 19.8. The summed E-state index contributed by atoms with van der Waals surface area (Å²) in [5.74, 6) is -0.176. The van der Waals surface area contributed by atoms with Crippen LogP contribution in [0, 0.1) is 20.8 Å². The van der Waals surface area contributed by atoms with Crippen molar-refractivity contribution in [1.82, 2.24) is 20.3 Å². The third-order valence-corrected chi connectivity index (χ3v) is 7.62. The largest absolute Gasteiger partial charge is 0.473 e. The summed E-state index contributed by atoms with van der Waals surface area (Å²) in [6.07, 6.45) is 0.276. The second-order valence-electron chi connectivity index (χ2n) is 8.35. The zero-order chi connectivity index (χ0) is 23.7. The number of rotatable bonds is 6. The Labute approximate surface area is 202 Å². The number of nitrogens with one attached hydrogen (secondary N) is 1. The predicted molar refractivity (Wildman–Crippen MR) is 132 cm³/mol. The summed E-state index contributed by atoms with van der Waals surface area (Å²) in [6.45, 7) is 11.9. The Morgan fingerprint density at radius 2 is 1.79 bits per heavy atom. The number of carbonyl (C=O) groups excluding carboxylic acids is 1. The average Bonchev–Trinajstić information content (AvgIpc) is 3.34. The lowest BCUT2D eigenvalue weighted by molar-refractivity contribution is -0.00523. The predicted octanol–water partition coefficient (Wildman–Crippen LogP) is 4.14. The van der Waals surface area contributed by atoms with Crippen LogP contribution in [-0.2, 0) is 11.3 Å². The molecule has 4 rings (SSSR count). The van der Waals surface area contributed by atoms with Gasteiger partial charge in [-0.05, 0) is 52.3 Å². The Hall–Kier alpha value is -2.56. The SMILES string of the molecule is COc1nc(C)c(C(=O)NCc2nc(N3C[C@@H](C)O[C@@H](C)C3)sc2-c2cc(C)nc(C)c2)s1. The van der Waals surface area contributed by atoms with Gasteiger partial charge in [-0.2, -0.15) is 0 Å². The van der Waals surface area contributed by atoms with Gasteiger partial charge in [-0.25, -0.2) is 9.97 Å². The average molecular weight is 488 g/mol. The Morgan fingerprint density at radius 3 is 2.39 bits per heavy atom. The minimum Gasteiger partial charge on any atom is -0.473 e. The van der Waals surface area contributed by atoms with Gasteiger partial charge in [0.25, 0.3) is 11.1 Å². The fourth-order valence-corrected chi connectivity index (χ4v) is 5.92. The monoisotopic (exact) mass is 487 g/mol. The fourth-order valence-electron chi connectivity index (χ4n) is 4.03. The second-order valence-corrected chi connectivity index (χ2v) is 10.3. The van der Waals surface area contributed by atoms with Crippen molar-refractivity contribution < 1.29 is 14.3 Å². The van der Waals surface area contributed by atoms with Gasteiger partial charge in [0.1, 0.15) is 4.88 Å². The van der Waals surface area contributed by atoms with Crippen LogP contribution in [0.4, 0.5) is 5.13 Å². The van der Waals surface area contributed by atoms with E-state index in [0.717, 1.165) is 45.7 Å². The summed E-state index contributed by atoms with van der Waals surface area (Å²) in [6, 6.07) is 4.14. The number of hydrogen-bond acceptors (Lipinski definition) is 9. The molecule has 1 aliphatic heterocycles. The van der Waals surface area contributed by atoms with Crippen LogP contribution in [0.3, 0.4) is 0 Å². The fraction of sp³-hybridized carbons (Fsp3) is 0.478. The molecule has 8 nitrogen and oxygen atoms in total. The number of aryl methyl sites for hydroxylation is 3. The van der Waals surface area contributed by atoms with Crippen LogP contribution in [-0.4, -0.2) is 53.3 Å². The van der Waals surface area contributed by atoms with Crippen LogP contribution in [0.1, 0.15) is 46.3 Å². The van der Waals surface area contributed by atoms with Crippen LogP contribution in [0.5, 0.6) is 5.19 Å². The first-order valence-electron chi connectivity index (χ1n) is 10.9. The van der Waals surface area contributed by atoms with E-state index in [2.05, 4.69) is 46.2 Å². The van der Waals surface area contributed by atoms with Gasteiger partial charge in [0.15, 0.2) is 5.13 Å². The van der Waals surface area contributed by atoms with Gasteiger partial charge in [-0.15, -0.1) is 0 Å². The molecule has 3 aromatic heterocycles. The quantitative estimate of drug-likeness (QED) is 0.559. The molecule has 1 aliphatic rings. The molecular weight excluding hydrogens is 458 g/mol. The lowest BCUT2D eigenvalue weighted by Crippen LogP contribution is -2.45. The van der Waals surface area contributed by atoms with E-state index in [9.17, 15) is 4.79 Å². The summed E-state index contributed by atoms with van der Waals surface area (Å²) in [5, 5.41) is 4.45. The van der Waals surface area contributed by atoms with Gasteiger partial charge in [-0.3, -0.25) is 9.78 Å². The summed E-state index contributed by atoms with van der Waals surface area (Å²) < 4.78 is 11.1. The van der Waals surface area contributed by atoms with Crippen molar-refractivity contribution in [2.24, 2.45) is 0 Å². The zero-order valence-corrected chi connectivity index (χ0v) is 21.4. The van der Waals surface area contributed by atoms with E-state index in [1.54, 1.807) is 18.4 Å². The van der Waals surface area contributed by atoms with Gasteiger partial charge in [-0.1, -0.05) is 22.7 Å². The highest BCUT2D eigenvalue weighted by molar-refractivity contribution is 7.19. The maximum Gasteiger partial charge on any atom is 0.273 e. The Bertz CT molecular complexity index is 1130. The topological polar surface area (TPSA) is 89.5 Å². The molecule has 1 saturated heterocycles. The van der Waals surface area contributed by atoms with Crippen molar-refractivity contribution in [3.8, 4) is 15.6 Å². The first-order valence-corrected chi connectivity index (χ1v) is 12.5. The van der Waals surface area contributed by atoms with Gasteiger partial charge in [0, 0.05) is 24.5 Å². The molecular formula is C23H29N5O3S2. The van der Waals surface area contributed by atoms with E-state index < -0.39 is 0 Å². The van der Waals surface area contributed by atoms with Crippen molar-refractivity contribution in [2.75, 3.05) is 25.1 Å². The number of thiazole rings is 2. The molecule has 1 N–H and O–H groups in total. The second kappa shape index (κ2) is 9.74. The van der Waals surface area contributed by atoms with E-state index in [4.69, 9.17) is 14.5 Å². The molecule has 3 aromatic rings. The van der Waals surface area contributed by atoms with Crippen LogP contribution >= 0.6 is 22.7 Å². The minimum absolute atomic E-state index is 0.138. The molecule has 4 heterocycles. The molecule has 10 heteroatoms. The van der Waals surface area contributed by atoms with Crippen LogP contribution in [0.2, 0.25) is 0 Å². The lowest BCUT2D eigenvalue weighted by atomic mass is 10.1. The summed E-state index contributed by atoms with van der Waals surface area (Å²) in [4.78, 5) is 30.5. The number of anilines is 1. The molecule has 0 saturated carbocycles. The normalized spacial score (nSPS) is 18.4. The number of morpholine rings is 1. The molecule has 0 spiro atoms. The molecule has 0 unspecified atom stereocenters. The smallest absolute Gasteiger partial charge is 0.273 e. The van der Waals surface area contributed by atoms with Crippen molar-refractivity contribution in [2.45, 2.75) is 53.4 Å². The molecule has 0 bridgehead atoms. The maximum atomic E-state index is 12.9. The first-order chi connectivity index (χ1) is 15.7. The van der Waals surface area contributed by atoms with Crippen molar-refractivity contribution in [3.05, 3.63) is 39.8 Å².